The molecular weight excluding hydrogens is 356 g/mol. The minimum atomic E-state index is -0.570. The number of fused-ring (bicyclic) bond motifs is 1. The van der Waals surface area contributed by atoms with Crippen LogP contribution in [0.2, 0.25) is 5.02 Å². The van der Waals surface area contributed by atoms with Crippen LogP contribution in [0.25, 0.3) is 11.0 Å². The Bertz CT molecular complexity index is 1030. The first-order chi connectivity index (χ1) is 12.4. The zero-order valence-corrected chi connectivity index (χ0v) is 15.3. The van der Waals surface area contributed by atoms with Gasteiger partial charge in [-0.25, -0.2) is 9.59 Å². The highest BCUT2D eigenvalue weighted by Gasteiger charge is 2.17. The van der Waals surface area contributed by atoms with Gasteiger partial charge in [-0.3, -0.25) is 4.98 Å². The van der Waals surface area contributed by atoms with Crippen LogP contribution >= 0.6 is 11.6 Å². The molecule has 0 aliphatic rings. The zero-order chi connectivity index (χ0) is 18.8. The molecule has 0 spiro atoms. The molecule has 0 unspecified atom stereocenters. The zero-order valence-electron chi connectivity index (χ0n) is 14.6. The number of nitrogens with zero attached hydrogens (tertiary/aromatic N) is 2. The number of hydrogen-bond acceptors (Lipinski definition) is 5. The highest BCUT2D eigenvalue weighted by atomic mass is 35.5. The fourth-order valence-electron chi connectivity index (χ4n) is 2.56. The molecule has 26 heavy (non-hydrogen) atoms. The van der Waals surface area contributed by atoms with Crippen molar-refractivity contribution < 1.29 is 13.9 Å². The fourth-order valence-corrected chi connectivity index (χ4v) is 2.76. The molecule has 7 heteroatoms. The van der Waals surface area contributed by atoms with Gasteiger partial charge in [0.1, 0.15) is 5.58 Å². The summed E-state index contributed by atoms with van der Waals surface area (Å²) < 4.78 is 10.7. The third-order valence-corrected chi connectivity index (χ3v) is 4.33. The SMILES string of the molecule is Cc1c(Cc2ccncc2)c(=O)oc2cc(OC(=O)N(C)C)c(Cl)cc12. The van der Waals surface area contributed by atoms with Gasteiger partial charge >= 0.3 is 11.7 Å². The van der Waals surface area contributed by atoms with Crippen LogP contribution in [-0.2, 0) is 6.42 Å². The Kier molecular flexibility index (Phi) is 4.95. The van der Waals surface area contributed by atoms with Crippen LogP contribution in [0.15, 0.2) is 45.9 Å². The Balaban J connectivity index is 2.07. The molecule has 0 radical (unpaired) electrons. The Morgan fingerprint density at radius 3 is 2.62 bits per heavy atom. The molecule has 0 bridgehead atoms. The van der Waals surface area contributed by atoms with Crippen molar-refractivity contribution in [3.8, 4) is 5.75 Å². The normalized spacial score (nSPS) is 10.8. The minimum absolute atomic E-state index is 0.141. The fraction of sp³-hybridized carbons (Fsp3) is 0.211. The Hall–Kier alpha value is -2.86. The average molecular weight is 373 g/mol. The van der Waals surface area contributed by atoms with Gasteiger partial charge in [-0.05, 0) is 36.2 Å². The molecule has 2 heterocycles. The van der Waals surface area contributed by atoms with Crippen molar-refractivity contribution >= 4 is 28.7 Å². The third-order valence-electron chi connectivity index (χ3n) is 4.03. The number of halogens is 1. The molecule has 0 aliphatic carbocycles. The largest absolute Gasteiger partial charge is 0.422 e. The van der Waals surface area contributed by atoms with Crippen molar-refractivity contribution in [2.45, 2.75) is 13.3 Å². The summed E-state index contributed by atoms with van der Waals surface area (Å²) in [6.45, 7) is 1.84. The lowest BCUT2D eigenvalue weighted by Crippen LogP contribution is -2.25. The number of ether oxygens (including phenoxy) is 1. The van der Waals surface area contributed by atoms with Gasteiger partial charge in [0, 0.05) is 49.9 Å². The summed E-state index contributed by atoms with van der Waals surface area (Å²) in [6, 6.07) is 6.80. The number of rotatable bonds is 3. The van der Waals surface area contributed by atoms with E-state index < -0.39 is 11.7 Å². The molecule has 2 aromatic heterocycles. The van der Waals surface area contributed by atoms with Gasteiger partial charge in [-0.1, -0.05) is 11.6 Å². The molecule has 3 rings (SSSR count). The van der Waals surface area contributed by atoms with Crippen molar-refractivity contribution in [1.29, 1.82) is 0 Å². The third kappa shape index (κ3) is 3.55. The molecule has 6 nitrogen and oxygen atoms in total. The molecule has 1 aromatic carbocycles. The summed E-state index contributed by atoms with van der Waals surface area (Å²) in [7, 11) is 3.12. The van der Waals surface area contributed by atoms with Crippen molar-refractivity contribution in [3.63, 3.8) is 0 Å². The highest BCUT2D eigenvalue weighted by molar-refractivity contribution is 6.33. The minimum Gasteiger partial charge on any atom is -0.422 e. The Labute approximate surface area is 155 Å². The second kappa shape index (κ2) is 7.17. The van der Waals surface area contributed by atoms with Crippen LogP contribution in [-0.4, -0.2) is 30.1 Å². The second-order valence-electron chi connectivity index (χ2n) is 6.07. The molecule has 0 N–H and O–H groups in total. The standard InChI is InChI=1S/C19H17ClN2O4/c1-11-13-9-15(20)17(26-19(24)22(2)3)10-16(13)25-18(23)14(11)8-12-4-6-21-7-5-12/h4-7,9-10H,8H2,1-3H3. The van der Waals surface area contributed by atoms with E-state index >= 15 is 0 Å². The lowest BCUT2D eigenvalue weighted by Gasteiger charge is -2.13. The molecule has 0 atom stereocenters. The predicted octanol–water partition coefficient (Wildman–Crippen LogP) is 3.80. The van der Waals surface area contributed by atoms with Gasteiger partial charge in [-0.15, -0.1) is 0 Å². The van der Waals surface area contributed by atoms with Gasteiger partial charge in [-0.2, -0.15) is 0 Å². The summed E-state index contributed by atoms with van der Waals surface area (Å²) in [6.07, 6.45) is 3.21. The number of aromatic nitrogens is 1. The first-order valence-corrected chi connectivity index (χ1v) is 8.28. The molecule has 0 aliphatic heterocycles. The Morgan fingerprint density at radius 1 is 1.27 bits per heavy atom. The second-order valence-corrected chi connectivity index (χ2v) is 6.47. The van der Waals surface area contributed by atoms with Crippen LogP contribution in [0, 0.1) is 6.92 Å². The maximum absolute atomic E-state index is 12.5. The molecule has 0 fully saturated rings. The molecule has 134 valence electrons. The first kappa shape index (κ1) is 17.9. The van der Waals surface area contributed by atoms with E-state index in [1.54, 1.807) is 32.6 Å². The first-order valence-electron chi connectivity index (χ1n) is 7.90. The maximum atomic E-state index is 12.5. The van der Waals surface area contributed by atoms with E-state index in [0.29, 0.717) is 23.0 Å². The van der Waals surface area contributed by atoms with Crippen molar-refractivity contribution in [3.05, 3.63) is 68.8 Å². The van der Waals surface area contributed by atoms with Crippen LogP contribution in [0.1, 0.15) is 16.7 Å². The smallest absolute Gasteiger partial charge is 0.414 e. The highest BCUT2D eigenvalue weighted by Crippen LogP contribution is 2.32. The van der Waals surface area contributed by atoms with Gasteiger partial charge in [0.2, 0.25) is 0 Å². The summed E-state index contributed by atoms with van der Waals surface area (Å²) in [5.74, 6) is 0.141. The molecule has 3 aromatic rings. The van der Waals surface area contributed by atoms with E-state index in [-0.39, 0.29) is 10.8 Å². The van der Waals surface area contributed by atoms with Crippen LogP contribution in [0.4, 0.5) is 4.79 Å². The number of carbonyl (C=O) groups excluding carboxylic acids is 1. The molecule has 0 saturated heterocycles. The van der Waals surface area contributed by atoms with Crippen LogP contribution < -0.4 is 10.4 Å². The molecule has 0 saturated carbocycles. The number of aryl methyl sites for hydroxylation is 1. The van der Waals surface area contributed by atoms with E-state index in [1.165, 1.54) is 11.0 Å². The van der Waals surface area contributed by atoms with Crippen molar-refractivity contribution in [2.24, 2.45) is 0 Å². The van der Waals surface area contributed by atoms with Crippen molar-refractivity contribution in [2.75, 3.05) is 14.1 Å². The van der Waals surface area contributed by atoms with Gasteiger partial charge in [0.15, 0.2) is 5.75 Å². The Morgan fingerprint density at radius 2 is 1.96 bits per heavy atom. The van der Waals surface area contributed by atoms with E-state index in [0.717, 1.165) is 11.1 Å². The summed E-state index contributed by atoms with van der Waals surface area (Å²) in [5.41, 5.74) is 2.17. The number of amides is 1. The number of pyridine rings is 1. The van der Waals surface area contributed by atoms with Gasteiger partial charge < -0.3 is 14.1 Å². The maximum Gasteiger partial charge on any atom is 0.414 e. The van der Waals surface area contributed by atoms with Crippen LogP contribution in [0.5, 0.6) is 5.75 Å². The number of hydrogen-bond donors (Lipinski definition) is 0. The molecule has 1 amide bonds. The quantitative estimate of drug-likeness (QED) is 0.654. The monoisotopic (exact) mass is 372 g/mol. The van der Waals surface area contributed by atoms with E-state index in [1.807, 2.05) is 19.1 Å². The number of benzene rings is 1. The van der Waals surface area contributed by atoms with E-state index in [2.05, 4.69) is 4.98 Å². The lowest BCUT2D eigenvalue weighted by atomic mass is 10.0. The van der Waals surface area contributed by atoms with Gasteiger partial charge in [0.05, 0.1) is 5.02 Å². The lowest BCUT2D eigenvalue weighted by molar-refractivity contribution is 0.172. The predicted molar refractivity (Wildman–Crippen MR) is 99.0 cm³/mol. The topological polar surface area (TPSA) is 72.6 Å². The number of carbonyl (C=O) groups is 1. The van der Waals surface area contributed by atoms with Gasteiger partial charge in [0.25, 0.3) is 0 Å². The van der Waals surface area contributed by atoms with E-state index in [9.17, 15) is 9.59 Å². The summed E-state index contributed by atoms with van der Waals surface area (Å²) >= 11 is 6.25. The summed E-state index contributed by atoms with van der Waals surface area (Å²) in [5, 5.41) is 0.961. The van der Waals surface area contributed by atoms with Crippen molar-refractivity contribution in [1.82, 2.24) is 9.88 Å². The summed E-state index contributed by atoms with van der Waals surface area (Å²) in [4.78, 5) is 29.4. The average Bonchev–Trinajstić information content (AvgIpc) is 2.61. The molecular formula is C19H17ClN2O4. The van der Waals surface area contributed by atoms with Crippen LogP contribution in [0.3, 0.4) is 0 Å². The van der Waals surface area contributed by atoms with E-state index in [4.69, 9.17) is 20.8 Å².